The van der Waals surface area contributed by atoms with Crippen LogP contribution in [0.3, 0.4) is 0 Å². The Labute approximate surface area is 75.4 Å². The summed E-state index contributed by atoms with van der Waals surface area (Å²) in [5.41, 5.74) is 1.81. The molecule has 0 amide bonds. The molecule has 5 nitrogen and oxygen atoms in total. The van der Waals surface area contributed by atoms with E-state index in [0.717, 1.165) is 11.3 Å². The predicted molar refractivity (Wildman–Crippen MR) is 45.3 cm³/mol. The van der Waals surface area contributed by atoms with E-state index in [2.05, 4.69) is 10.4 Å². The lowest BCUT2D eigenvalue weighted by Gasteiger charge is -2.20. The molecular weight excluding hydrogens is 170 g/mol. The fourth-order valence-electron chi connectivity index (χ4n) is 1.73. The van der Waals surface area contributed by atoms with Gasteiger partial charge < -0.3 is 10.4 Å². The smallest absolute Gasteiger partial charge is 0.313 e. The number of nitrogens with one attached hydrogen (secondary N) is 1. The molecule has 0 saturated heterocycles. The van der Waals surface area contributed by atoms with Crippen molar-refractivity contribution in [3.63, 3.8) is 0 Å². The normalized spacial score (nSPS) is 21.2. The summed E-state index contributed by atoms with van der Waals surface area (Å²) in [4.78, 5) is 10.9. The van der Waals surface area contributed by atoms with Crippen LogP contribution >= 0.6 is 0 Å². The second kappa shape index (κ2) is 2.85. The number of nitrogens with zero attached hydrogens (tertiary/aromatic N) is 2. The summed E-state index contributed by atoms with van der Waals surface area (Å²) in [5, 5.41) is 16.0. The third kappa shape index (κ3) is 1.21. The molecule has 13 heavy (non-hydrogen) atoms. The Bertz CT molecular complexity index is 345. The molecule has 1 unspecified atom stereocenters. The zero-order chi connectivity index (χ0) is 9.42. The van der Waals surface area contributed by atoms with Crippen molar-refractivity contribution in [2.45, 2.75) is 12.5 Å². The SMILES string of the molecule is Cn1ncc2c1C(C(=O)O)CNC2. The first-order chi connectivity index (χ1) is 6.20. The average Bonchev–Trinajstić information content (AvgIpc) is 2.48. The average molecular weight is 181 g/mol. The summed E-state index contributed by atoms with van der Waals surface area (Å²) in [6.45, 7) is 1.20. The van der Waals surface area contributed by atoms with Gasteiger partial charge in [0.2, 0.25) is 0 Å². The third-order valence-corrected chi connectivity index (χ3v) is 2.36. The van der Waals surface area contributed by atoms with Gasteiger partial charge in [0.05, 0.1) is 11.9 Å². The van der Waals surface area contributed by atoms with Gasteiger partial charge in [-0.2, -0.15) is 5.10 Å². The lowest BCUT2D eigenvalue weighted by atomic mass is 9.98. The summed E-state index contributed by atoms with van der Waals surface area (Å²) in [6, 6.07) is 0. The first-order valence-corrected chi connectivity index (χ1v) is 4.14. The molecule has 1 aromatic rings. The zero-order valence-electron chi connectivity index (χ0n) is 7.32. The highest BCUT2D eigenvalue weighted by molar-refractivity contribution is 5.76. The summed E-state index contributed by atoms with van der Waals surface area (Å²) in [5.74, 6) is -1.26. The van der Waals surface area contributed by atoms with Crippen molar-refractivity contribution in [2.24, 2.45) is 7.05 Å². The first kappa shape index (κ1) is 8.25. The molecule has 0 spiro atoms. The van der Waals surface area contributed by atoms with Crippen LogP contribution in [0.5, 0.6) is 0 Å². The number of aromatic nitrogens is 2. The van der Waals surface area contributed by atoms with Crippen LogP contribution in [0.1, 0.15) is 17.2 Å². The van der Waals surface area contributed by atoms with Crippen LogP contribution in [0.4, 0.5) is 0 Å². The molecule has 0 fully saturated rings. The maximum absolute atomic E-state index is 10.9. The molecule has 2 heterocycles. The van der Waals surface area contributed by atoms with E-state index in [1.54, 1.807) is 17.9 Å². The largest absolute Gasteiger partial charge is 0.481 e. The molecule has 2 rings (SSSR count). The molecule has 1 aliphatic heterocycles. The number of carboxylic acid groups (broad SMARTS) is 1. The summed E-state index contributed by atoms with van der Waals surface area (Å²) >= 11 is 0. The van der Waals surface area contributed by atoms with Crippen LogP contribution < -0.4 is 5.32 Å². The van der Waals surface area contributed by atoms with Crippen LogP contribution in [0, 0.1) is 0 Å². The summed E-state index contributed by atoms with van der Waals surface area (Å²) < 4.78 is 1.65. The molecule has 0 saturated carbocycles. The molecule has 0 radical (unpaired) electrons. The van der Waals surface area contributed by atoms with Crippen molar-refractivity contribution in [2.75, 3.05) is 6.54 Å². The first-order valence-electron chi connectivity index (χ1n) is 4.14. The van der Waals surface area contributed by atoms with Crippen molar-refractivity contribution in [3.8, 4) is 0 Å². The van der Waals surface area contributed by atoms with Crippen LogP contribution in [0.25, 0.3) is 0 Å². The van der Waals surface area contributed by atoms with Crippen LogP contribution in [-0.2, 0) is 18.4 Å². The van der Waals surface area contributed by atoms with Gasteiger partial charge in [0.1, 0.15) is 5.92 Å². The lowest BCUT2D eigenvalue weighted by Crippen LogP contribution is -2.33. The Morgan fingerprint density at radius 3 is 3.31 bits per heavy atom. The maximum atomic E-state index is 10.9. The van der Waals surface area contributed by atoms with E-state index < -0.39 is 11.9 Å². The van der Waals surface area contributed by atoms with E-state index >= 15 is 0 Å². The minimum absolute atomic E-state index is 0.462. The Kier molecular flexibility index (Phi) is 1.81. The molecule has 2 N–H and O–H groups in total. The minimum Gasteiger partial charge on any atom is -0.481 e. The quantitative estimate of drug-likeness (QED) is 0.623. The van der Waals surface area contributed by atoms with Gasteiger partial charge in [0.15, 0.2) is 0 Å². The number of aryl methyl sites for hydroxylation is 1. The number of carbonyl (C=O) groups is 1. The number of aliphatic carboxylic acids is 1. The highest BCUT2D eigenvalue weighted by Gasteiger charge is 2.29. The van der Waals surface area contributed by atoms with Gasteiger partial charge in [0.25, 0.3) is 0 Å². The van der Waals surface area contributed by atoms with Gasteiger partial charge in [0, 0.05) is 25.7 Å². The number of rotatable bonds is 1. The van der Waals surface area contributed by atoms with Gasteiger partial charge in [-0.15, -0.1) is 0 Å². The fourth-order valence-corrected chi connectivity index (χ4v) is 1.73. The van der Waals surface area contributed by atoms with Crippen LogP contribution in [0.2, 0.25) is 0 Å². The predicted octanol–water partition coefficient (Wildman–Crippen LogP) is -0.308. The molecule has 0 bridgehead atoms. The monoisotopic (exact) mass is 181 g/mol. The van der Waals surface area contributed by atoms with Crippen molar-refractivity contribution < 1.29 is 9.90 Å². The van der Waals surface area contributed by atoms with Gasteiger partial charge in [-0.05, 0) is 0 Å². The Hall–Kier alpha value is -1.36. The maximum Gasteiger partial charge on any atom is 0.313 e. The fraction of sp³-hybridized carbons (Fsp3) is 0.500. The second-order valence-electron chi connectivity index (χ2n) is 3.20. The summed E-state index contributed by atoms with van der Waals surface area (Å²) in [6.07, 6.45) is 1.72. The Morgan fingerprint density at radius 2 is 2.62 bits per heavy atom. The highest BCUT2D eigenvalue weighted by Crippen LogP contribution is 2.22. The van der Waals surface area contributed by atoms with Crippen molar-refractivity contribution in [1.82, 2.24) is 15.1 Å². The third-order valence-electron chi connectivity index (χ3n) is 2.36. The molecule has 70 valence electrons. The minimum atomic E-state index is -0.794. The van der Waals surface area contributed by atoms with Gasteiger partial charge in [-0.3, -0.25) is 9.48 Å². The number of fused-ring (bicyclic) bond motifs is 1. The number of carboxylic acids is 1. The van der Waals surface area contributed by atoms with E-state index in [1.165, 1.54) is 0 Å². The molecule has 0 aromatic carbocycles. The second-order valence-corrected chi connectivity index (χ2v) is 3.20. The molecule has 1 aliphatic rings. The van der Waals surface area contributed by atoms with E-state index in [-0.39, 0.29) is 0 Å². The highest BCUT2D eigenvalue weighted by atomic mass is 16.4. The Balaban J connectivity index is 2.46. The Morgan fingerprint density at radius 1 is 1.85 bits per heavy atom. The van der Waals surface area contributed by atoms with Crippen LogP contribution in [-0.4, -0.2) is 27.4 Å². The van der Waals surface area contributed by atoms with Crippen molar-refractivity contribution >= 4 is 5.97 Å². The van der Waals surface area contributed by atoms with Gasteiger partial charge in [-0.25, -0.2) is 0 Å². The van der Waals surface area contributed by atoms with E-state index in [0.29, 0.717) is 13.1 Å². The number of hydrogen-bond acceptors (Lipinski definition) is 3. The van der Waals surface area contributed by atoms with Gasteiger partial charge in [-0.1, -0.05) is 0 Å². The molecule has 5 heteroatoms. The van der Waals surface area contributed by atoms with Crippen molar-refractivity contribution in [3.05, 3.63) is 17.5 Å². The molecular formula is C8H11N3O2. The summed E-state index contributed by atoms with van der Waals surface area (Å²) in [7, 11) is 1.78. The molecule has 0 aliphatic carbocycles. The van der Waals surface area contributed by atoms with E-state index in [9.17, 15) is 4.79 Å². The topological polar surface area (TPSA) is 67.2 Å². The van der Waals surface area contributed by atoms with Gasteiger partial charge >= 0.3 is 5.97 Å². The zero-order valence-corrected chi connectivity index (χ0v) is 7.32. The van der Waals surface area contributed by atoms with E-state index in [4.69, 9.17) is 5.11 Å². The molecule has 1 aromatic heterocycles. The van der Waals surface area contributed by atoms with Crippen LogP contribution in [0.15, 0.2) is 6.20 Å². The molecule has 1 atom stereocenters. The lowest BCUT2D eigenvalue weighted by molar-refractivity contribution is -0.139. The van der Waals surface area contributed by atoms with Crippen molar-refractivity contribution in [1.29, 1.82) is 0 Å². The van der Waals surface area contributed by atoms with E-state index in [1.807, 2.05) is 0 Å². The standard InChI is InChI=1S/C8H11N3O2/c1-11-7-5(3-10-11)2-9-4-6(7)8(12)13/h3,6,9H,2,4H2,1H3,(H,12,13). The number of hydrogen-bond donors (Lipinski definition) is 2.